The van der Waals surface area contributed by atoms with E-state index in [2.05, 4.69) is 10.6 Å². The van der Waals surface area contributed by atoms with Crippen LogP contribution in [-0.2, 0) is 4.74 Å². The average Bonchev–Trinajstić information content (AvgIpc) is 2.89. The number of carbonyl (C=O) groups is 2. The van der Waals surface area contributed by atoms with Crippen molar-refractivity contribution in [1.29, 1.82) is 0 Å². The zero-order valence-electron chi connectivity index (χ0n) is 10.5. The molecule has 1 fully saturated rings. The number of hydrogen-bond acceptors (Lipinski definition) is 3. The Morgan fingerprint density at radius 1 is 1.32 bits per heavy atom. The highest BCUT2D eigenvalue weighted by Crippen LogP contribution is 2.12. The third kappa shape index (κ3) is 3.96. The van der Waals surface area contributed by atoms with Crippen molar-refractivity contribution in [3.63, 3.8) is 0 Å². The van der Waals surface area contributed by atoms with Crippen LogP contribution in [0.2, 0.25) is 0 Å². The van der Waals surface area contributed by atoms with Gasteiger partial charge < -0.3 is 21.1 Å². The van der Waals surface area contributed by atoms with Crippen molar-refractivity contribution in [3.8, 4) is 0 Å². The van der Waals surface area contributed by atoms with Gasteiger partial charge in [-0.25, -0.2) is 4.79 Å². The minimum atomic E-state index is -0.629. The predicted octanol–water partition coefficient (Wildman–Crippen LogP) is 1.09. The fourth-order valence-corrected chi connectivity index (χ4v) is 1.96. The lowest BCUT2D eigenvalue weighted by atomic mass is 10.2. The van der Waals surface area contributed by atoms with Gasteiger partial charge in [-0.15, -0.1) is 0 Å². The van der Waals surface area contributed by atoms with Crippen LogP contribution in [0, 0.1) is 0 Å². The molecule has 4 N–H and O–H groups in total. The standard InChI is InChI=1S/C13H17N3O3/c14-13(18)16-10-5-3-9(4-6-10)12(17)15-8-11-2-1-7-19-11/h3-6,11H,1-2,7-8H2,(H,15,17)(H3,14,16,18). The van der Waals surface area contributed by atoms with E-state index in [1.165, 1.54) is 0 Å². The van der Waals surface area contributed by atoms with Gasteiger partial charge in [-0.1, -0.05) is 0 Å². The van der Waals surface area contributed by atoms with Crippen LogP contribution in [0.25, 0.3) is 0 Å². The molecule has 1 aliphatic rings. The average molecular weight is 263 g/mol. The molecule has 1 saturated heterocycles. The smallest absolute Gasteiger partial charge is 0.316 e. The Balaban J connectivity index is 1.86. The quantitative estimate of drug-likeness (QED) is 0.759. The number of ether oxygens (including phenoxy) is 1. The fourth-order valence-electron chi connectivity index (χ4n) is 1.96. The van der Waals surface area contributed by atoms with E-state index in [1.807, 2.05) is 0 Å². The number of carbonyl (C=O) groups excluding carboxylic acids is 2. The second kappa shape index (κ2) is 6.19. The molecule has 0 spiro atoms. The fraction of sp³-hybridized carbons (Fsp3) is 0.385. The number of urea groups is 1. The Morgan fingerprint density at radius 3 is 2.63 bits per heavy atom. The number of benzene rings is 1. The molecule has 102 valence electrons. The number of nitrogens with one attached hydrogen (secondary N) is 2. The first-order valence-electron chi connectivity index (χ1n) is 6.21. The largest absolute Gasteiger partial charge is 0.376 e. The Hall–Kier alpha value is -2.08. The maximum absolute atomic E-state index is 11.9. The van der Waals surface area contributed by atoms with Crippen LogP contribution in [0.15, 0.2) is 24.3 Å². The third-order valence-corrected chi connectivity index (χ3v) is 2.93. The molecule has 0 aliphatic carbocycles. The first kappa shape index (κ1) is 13.4. The van der Waals surface area contributed by atoms with E-state index in [0.717, 1.165) is 19.4 Å². The SMILES string of the molecule is NC(=O)Nc1ccc(C(=O)NCC2CCCO2)cc1. The first-order valence-corrected chi connectivity index (χ1v) is 6.21. The Labute approximate surface area is 111 Å². The highest BCUT2D eigenvalue weighted by Gasteiger charge is 2.16. The van der Waals surface area contributed by atoms with Crippen molar-refractivity contribution in [2.45, 2.75) is 18.9 Å². The summed E-state index contributed by atoms with van der Waals surface area (Å²) in [4.78, 5) is 22.5. The summed E-state index contributed by atoms with van der Waals surface area (Å²) in [6, 6.07) is 5.90. The van der Waals surface area contributed by atoms with Crippen LogP contribution in [0.3, 0.4) is 0 Å². The van der Waals surface area contributed by atoms with Crippen molar-refractivity contribution in [2.75, 3.05) is 18.5 Å². The third-order valence-electron chi connectivity index (χ3n) is 2.93. The molecule has 1 aromatic rings. The molecule has 0 aromatic heterocycles. The molecule has 6 nitrogen and oxygen atoms in total. The number of anilines is 1. The zero-order valence-corrected chi connectivity index (χ0v) is 10.5. The summed E-state index contributed by atoms with van der Waals surface area (Å²) in [5, 5.41) is 5.26. The van der Waals surface area contributed by atoms with Gasteiger partial charge in [0.05, 0.1) is 6.10 Å². The number of rotatable bonds is 4. The summed E-state index contributed by atoms with van der Waals surface area (Å²) in [5.74, 6) is -0.152. The van der Waals surface area contributed by atoms with Gasteiger partial charge in [0.15, 0.2) is 0 Å². The summed E-state index contributed by atoms with van der Waals surface area (Å²) < 4.78 is 5.43. The minimum Gasteiger partial charge on any atom is -0.376 e. The molecule has 19 heavy (non-hydrogen) atoms. The lowest BCUT2D eigenvalue weighted by molar-refractivity contribution is 0.0858. The van der Waals surface area contributed by atoms with Gasteiger partial charge in [-0.2, -0.15) is 0 Å². The number of amides is 3. The minimum absolute atomic E-state index is 0.125. The van der Waals surface area contributed by atoms with Crippen molar-refractivity contribution in [3.05, 3.63) is 29.8 Å². The summed E-state index contributed by atoms with van der Waals surface area (Å²) in [6.45, 7) is 1.30. The molecule has 0 saturated carbocycles. The Bertz CT molecular complexity index is 453. The maximum Gasteiger partial charge on any atom is 0.316 e. The van der Waals surface area contributed by atoms with Crippen LogP contribution in [-0.4, -0.2) is 31.2 Å². The van der Waals surface area contributed by atoms with Gasteiger partial charge in [0.2, 0.25) is 0 Å². The van der Waals surface area contributed by atoms with E-state index in [0.29, 0.717) is 17.8 Å². The topological polar surface area (TPSA) is 93.5 Å². The van der Waals surface area contributed by atoms with Crippen LogP contribution in [0.5, 0.6) is 0 Å². The van der Waals surface area contributed by atoms with E-state index >= 15 is 0 Å². The van der Waals surface area contributed by atoms with Gasteiger partial charge in [0.25, 0.3) is 5.91 Å². The molecule has 1 aliphatic heterocycles. The van der Waals surface area contributed by atoms with Crippen molar-refractivity contribution in [2.24, 2.45) is 5.73 Å². The second-order valence-electron chi connectivity index (χ2n) is 4.41. The lowest BCUT2D eigenvalue weighted by Crippen LogP contribution is -2.31. The summed E-state index contributed by atoms with van der Waals surface area (Å²) in [6.07, 6.45) is 2.16. The van der Waals surface area contributed by atoms with Crippen molar-refractivity contribution in [1.82, 2.24) is 5.32 Å². The van der Waals surface area contributed by atoms with Crippen LogP contribution >= 0.6 is 0 Å². The summed E-state index contributed by atoms with van der Waals surface area (Å²) in [7, 11) is 0. The highest BCUT2D eigenvalue weighted by atomic mass is 16.5. The number of nitrogens with two attached hydrogens (primary N) is 1. The van der Waals surface area contributed by atoms with Crippen LogP contribution in [0.1, 0.15) is 23.2 Å². The van der Waals surface area contributed by atoms with Crippen molar-refractivity contribution < 1.29 is 14.3 Å². The van der Waals surface area contributed by atoms with E-state index in [1.54, 1.807) is 24.3 Å². The molecule has 6 heteroatoms. The molecule has 1 aromatic carbocycles. The molecule has 0 bridgehead atoms. The van der Waals surface area contributed by atoms with Crippen LogP contribution < -0.4 is 16.4 Å². The number of hydrogen-bond donors (Lipinski definition) is 3. The molecular formula is C13H17N3O3. The number of primary amides is 1. The van der Waals surface area contributed by atoms with Gasteiger partial charge in [0, 0.05) is 24.4 Å². The molecular weight excluding hydrogens is 246 g/mol. The van der Waals surface area contributed by atoms with Crippen molar-refractivity contribution >= 4 is 17.6 Å². The molecule has 3 amide bonds. The first-order chi connectivity index (χ1) is 9.15. The van der Waals surface area contributed by atoms with Gasteiger partial charge in [0.1, 0.15) is 0 Å². The molecule has 0 radical (unpaired) electrons. The predicted molar refractivity (Wildman–Crippen MR) is 71.0 cm³/mol. The Kier molecular flexibility index (Phi) is 4.35. The van der Waals surface area contributed by atoms with Gasteiger partial charge in [-0.05, 0) is 37.1 Å². The Morgan fingerprint density at radius 2 is 2.05 bits per heavy atom. The lowest BCUT2D eigenvalue weighted by Gasteiger charge is -2.11. The van der Waals surface area contributed by atoms with Gasteiger partial charge in [-0.3, -0.25) is 4.79 Å². The molecule has 1 unspecified atom stereocenters. The summed E-state index contributed by atoms with van der Waals surface area (Å²) >= 11 is 0. The highest BCUT2D eigenvalue weighted by molar-refractivity contribution is 5.95. The molecule has 2 rings (SSSR count). The molecule has 1 atom stereocenters. The van der Waals surface area contributed by atoms with E-state index < -0.39 is 6.03 Å². The van der Waals surface area contributed by atoms with E-state index in [-0.39, 0.29) is 12.0 Å². The van der Waals surface area contributed by atoms with Gasteiger partial charge >= 0.3 is 6.03 Å². The maximum atomic E-state index is 11.9. The normalized spacial score (nSPS) is 18.0. The van der Waals surface area contributed by atoms with E-state index in [4.69, 9.17) is 10.5 Å². The second-order valence-corrected chi connectivity index (χ2v) is 4.41. The molecule has 1 heterocycles. The van der Waals surface area contributed by atoms with E-state index in [9.17, 15) is 9.59 Å². The zero-order chi connectivity index (χ0) is 13.7. The van der Waals surface area contributed by atoms with Crippen LogP contribution in [0.4, 0.5) is 10.5 Å². The summed E-state index contributed by atoms with van der Waals surface area (Å²) in [5.41, 5.74) is 6.09. The monoisotopic (exact) mass is 263 g/mol.